The Morgan fingerprint density at radius 1 is 1.19 bits per heavy atom. The molecule has 3 rings (SSSR count). The van der Waals surface area contributed by atoms with Crippen LogP contribution in [0, 0.1) is 5.92 Å². The van der Waals surface area contributed by atoms with Gasteiger partial charge in [0, 0.05) is 31.6 Å². The first-order chi connectivity index (χ1) is 9.91. The van der Waals surface area contributed by atoms with Gasteiger partial charge in [-0.3, -0.25) is 9.59 Å². The lowest BCUT2D eigenvalue weighted by molar-refractivity contribution is -0.142. The third kappa shape index (κ3) is 2.68. The van der Waals surface area contributed by atoms with Crippen molar-refractivity contribution in [2.45, 2.75) is 63.6 Å². The summed E-state index contributed by atoms with van der Waals surface area (Å²) in [5.41, 5.74) is -0.666. The fourth-order valence-electron chi connectivity index (χ4n) is 3.86. The Kier molecular flexibility index (Phi) is 3.72. The minimum Gasteiger partial charge on any atom is -0.342 e. The van der Waals surface area contributed by atoms with Crippen molar-refractivity contribution >= 4 is 11.8 Å². The minimum atomic E-state index is -0.666. The Morgan fingerprint density at radius 2 is 1.90 bits per heavy atom. The highest BCUT2D eigenvalue weighted by Gasteiger charge is 2.52. The van der Waals surface area contributed by atoms with Crippen LogP contribution in [0.25, 0.3) is 0 Å². The van der Waals surface area contributed by atoms with Crippen molar-refractivity contribution in [3.05, 3.63) is 0 Å². The van der Waals surface area contributed by atoms with Gasteiger partial charge in [0.25, 0.3) is 0 Å². The summed E-state index contributed by atoms with van der Waals surface area (Å²) >= 11 is 0. The maximum atomic E-state index is 13.1. The molecule has 0 radical (unpaired) electrons. The van der Waals surface area contributed by atoms with E-state index in [0.717, 1.165) is 32.2 Å². The van der Waals surface area contributed by atoms with E-state index in [1.54, 1.807) is 0 Å². The lowest BCUT2D eigenvalue weighted by Gasteiger charge is -2.42. The molecular weight excluding hydrogens is 266 g/mol. The van der Waals surface area contributed by atoms with Crippen LogP contribution >= 0.6 is 0 Å². The molecule has 3 fully saturated rings. The van der Waals surface area contributed by atoms with Crippen molar-refractivity contribution in [1.29, 1.82) is 0 Å². The predicted octanol–water partition coefficient (Wildman–Crippen LogP) is 0.986. The van der Waals surface area contributed by atoms with Gasteiger partial charge in [-0.05, 0) is 52.5 Å². The first kappa shape index (κ1) is 14.8. The van der Waals surface area contributed by atoms with E-state index in [1.807, 2.05) is 11.8 Å². The maximum absolute atomic E-state index is 13.1. The number of rotatable bonds is 2. The smallest absolute Gasteiger partial charge is 0.248 e. The normalized spacial score (nSPS) is 39.1. The Hall–Kier alpha value is -1.10. The second-order valence-electron chi connectivity index (χ2n) is 7.28. The quantitative estimate of drug-likeness (QED) is 0.826. The predicted molar refractivity (Wildman–Crippen MR) is 80.7 cm³/mol. The van der Waals surface area contributed by atoms with Gasteiger partial charge in [0.15, 0.2) is 0 Å². The van der Waals surface area contributed by atoms with E-state index in [1.165, 1.54) is 0 Å². The lowest BCUT2D eigenvalue weighted by atomic mass is 9.91. The van der Waals surface area contributed by atoms with Gasteiger partial charge in [0.05, 0.1) is 0 Å². The van der Waals surface area contributed by atoms with E-state index >= 15 is 0 Å². The van der Waals surface area contributed by atoms with Crippen LogP contribution in [-0.2, 0) is 9.59 Å². The standard InChI is InChI=1S/C16H27N3O2/c1-11-10-13(6-8-18(11)3)19-9-7-14(20)17-16(2,15(19)21)12-4-5-12/h11-13H,4-10H2,1-3H3,(H,17,20). The summed E-state index contributed by atoms with van der Waals surface area (Å²) in [7, 11) is 2.14. The summed E-state index contributed by atoms with van der Waals surface area (Å²) in [5, 5.41) is 3.02. The molecule has 3 aliphatic rings. The minimum absolute atomic E-state index is 0.0289. The van der Waals surface area contributed by atoms with Gasteiger partial charge in [-0.1, -0.05) is 0 Å². The highest BCUT2D eigenvalue weighted by atomic mass is 16.2. The Labute approximate surface area is 127 Å². The second kappa shape index (κ2) is 5.27. The van der Waals surface area contributed by atoms with Crippen molar-refractivity contribution in [2.24, 2.45) is 5.92 Å². The highest BCUT2D eigenvalue weighted by molar-refractivity contribution is 5.94. The third-order valence-corrected chi connectivity index (χ3v) is 5.70. The van der Waals surface area contributed by atoms with Crippen molar-refractivity contribution < 1.29 is 9.59 Å². The molecule has 0 spiro atoms. The van der Waals surface area contributed by atoms with Crippen LogP contribution < -0.4 is 5.32 Å². The van der Waals surface area contributed by atoms with Crippen LogP contribution in [-0.4, -0.2) is 59.4 Å². The van der Waals surface area contributed by atoms with Crippen LogP contribution in [0.1, 0.15) is 46.0 Å². The molecule has 3 atom stereocenters. The topological polar surface area (TPSA) is 52.7 Å². The zero-order valence-electron chi connectivity index (χ0n) is 13.4. The van der Waals surface area contributed by atoms with Gasteiger partial charge in [-0.15, -0.1) is 0 Å². The van der Waals surface area contributed by atoms with E-state index in [-0.39, 0.29) is 17.9 Å². The van der Waals surface area contributed by atoms with Crippen LogP contribution in [0.5, 0.6) is 0 Å². The van der Waals surface area contributed by atoms with Gasteiger partial charge in [-0.2, -0.15) is 0 Å². The van der Waals surface area contributed by atoms with Crippen molar-refractivity contribution in [1.82, 2.24) is 15.1 Å². The van der Waals surface area contributed by atoms with Crippen molar-refractivity contribution in [3.8, 4) is 0 Å². The average molecular weight is 293 g/mol. The molecule has 3 unspecified atom stereocenters. The molecule has 21 heavy (non-hydrogen) atoms. The summed E-state index contributed by atoms with van der Waals surface area (Å²) in [6, 6.07) is 0.783. The number of hydrogen-bond donors (Lipinski definition) is 1. The number of nitrogens with zero attached hydrogens (tertiary/aromatic N) is 2. The number of piperidine rings is 1. The number of likely N-dealkylation sites (tertiary alicyclic amines) is 1. The molecule has 2 aliphatic heterocycles. The number of carbonyl (C=O) groups is 2. The molecule has 0 aromatic rings. The zero-order chi connectivity index (χ0) is 15.2. The molecular formula is C16H27N3O2. The van der Waals surface area contributed by atoms with Gasteiger partial charge in [-0.25, -0.2) is 0 Å². The number of carbonyl (C=O) groups excluding carboxylic acids is 2. The molecule has 5 heteroatoms. The molecule has 1 N–H and O–H groups in total. The lowest BCUT2D eigenvalue weighted by Crippen LogP contribution is -2.59. The van der Waals surface area contributed by atoms with Gasteiger partial charge < -0.3 is 15.1 Å². The molecule has 0 bridgehead atoms. The van der Waals surface area contributed by atoms with Crippen LogP contribution in [0.15, 0.2) is 0 Å². The zero-order valence-corrected chi connectivity index (χ0v) is 13.4. The molecule has 2 amide bonds. The van der Waals surface area contributed by atoms with Gasteiger partial charge >= 0.3 is 0 Å². The Balaban J connectivity index is 1.80. The summed E-state index contributed by atoms with van der Waals surface area (Å²) in [4.78, 5) is 29.5. The highest BCUT2D eigenvalue weighted by Crippen LogP contribution is 2.42. The summed E-state index contributed by atoms with van der Waals surface area (Å²) in [6.45, 7) is 5.75. The number of nitrogens with one attached hydrogen (secondary N) is 1. The van der Waals surface area contributed by atoms with Gasteiger partial charge in [0.1, 0.15) is 5.54 Å². The van der Waals surface area contributed by atoms with Crippen molar-refractivity contribution in [2.75, 3.05) is 20.1 Å². The van der Waals surface area contributed by atoms with E-state index in [2.05, 4.69) is 24.2 Å². The molecule has 5 nitrogen and oxygen atoms in total. The monoisotopic (exact) mass is 293 g/mol. The Bertz CT molecular complexity index is 449. The summed E-state index contributed by atoms with van der Waals surface area (Å²) in [6.07, 6.45) is 4.58. The summed E-state index contributed by atoms with van der Waals surface area (Å²) < 4.78 is 0. The molecule has 1 aliphatic carbocycles. The fraction of sp³-hybridized carbons (Fsp3) is 0.875. The SMILES string of the molecule is CC1CC(N2CCC(=O)NC(C)(C3CC3)C2=O)CCN1C. The van der Waals surface area contributed by atoms with Crippen LogP contribution in [0.3, 0.4) is 0 Å². The Morgan fingerprint density at radius 3 is 2.52 bits per heavy atom. The molecule has 2 saturated heterocycles. The van der Waals surface area contributed by atoms with Crippen LogP contribution in [0.4, 0.5) is 0 Å². The second-order valence-corrected chi connectivity index (χ2v) is 7.28. The molecule has 2 heterocycles. The molecule has 1 saturated carbocycles. The van der Waals surface area contributed by atoms with E-state index in [4.69, 9.17) is 0 Å². The molecule has 118 valence electrons. The van der Waals surface area contributed by atoms with E-state index in [0.29, 0.717) is 24.9 Å². The van der Waals surface area contributed by atoms with E-state index in [9.17, 15) is 9.59 Å². The van der Waals surface area contributed by atoms with Gasteiger partial charge in [0.2, 0.25) is 11.8 Å². The first-order valence-corrected chi connectivity index (χ1v) is 8.24. The average Bonchev–Trinajstić information content (AvgIpc) is 3.26. The summed E-state index contributed by atoms with van der Waals surface area (Å²) in [5.74, 6) is 0.511. The number of amides is 2. The fourth-order valence-corrected chi connectivity index (χ4v) is 3.86. The van der Waals surface area contributed by atoms with Crippen LogP contribution in [0.2, 0.25) is 0 Å². The van der Waals surface area contributed by atoms with Crippen molar-refractivity contribution in [3.63, 3.8) is 0 Å². The maximum Gasteiger partial charge on any atom is 0.248 e. The third-order valence-electron chi connectivity index (χ3n) is 5.70. The number of hydrogen-bond acceptors (Lipinski definition) is 3. The molecule has 0 aromatic heterocycles. The molecule has 0 aromatic carbocycles. The first-order valence-electron chi connectivity index (χ1n) is 8.24. The largest absolute Gasteiger partial charge is 0.342 e. The van der Waals surface area contributed by atoms with E-state index < -0.39 is 5.54 Å².